The summed E-state index contributed by atoms with van der Waals surface area (Å²) in [6.45, 7) is 2.00. The number of carbonyl (C=O) groups is 1. The number of nitrogens with zero attached hydrogens (tertiary/aromatic N) is 2. The molecule has 7 nitrogen and oxygen atoms in total. The van der Waals surface area contributed by atoms with E-state index in [9.17, 15) is 13.2 Å². The molecule has 0 fully saturated rings. The molecule has 0 unspecified atom stereocenters. The molecule has 1 aromatic carbocycles. The van der Waals surface area contributed by atoms with Gasteiger partial charge in [-0.05, 0) is 24.3 Å². The van der Waals surface area contributed by atoms with Crippen LogP contribution in [0, 0.1) is 0 Å². The van der Waals surface area contributed by atoms with Gasteiger partial charge in [-0.3, -0.25) is 10.1 Å². The van der Waals surface area contributed by atoms with Crippen molar-refractivity contribution >= 4 is 32.4 Å². The van der Waals surface area contributed by atoms with E-state index in [0.717, 1.165) is 0 Å². The quantitative estimate of drug-likeness (QED) is 0.860. The van der Waals surface area contributed by atoms with Gasteiger partial charge in [-0.25, -0.2) is 13.1 Å². The third-order valence-electron chi connectivity index (χ3n) is 2.34. The third kappa shape index (κ3) is 3.38. The molecular weight excluding hydrogens is 300 g/mol. The van der Waals surface area contributed by atoms with Crippen molar-refractivity contribution in [1.82, 2.24) is 14.9 Å². The molecule has 0 saturated carbocycles. The molecule has 106 valence electrons. The van der Waals surface area contributed by atoms with Crippen LogP contribution in [0.3, 0.4) is 0 Å². The lowest BCUT2D eigenvalue weighted by Crippen LogP contribution is -2.23. The number of aromatic nitrogens is 2. The summed E-state index contributed by atoms with van der Waals surface area (Å²) in [6, 6.07) is 5.65. The number of nitrogens with one attached hydrogen (secondary N) is 2. The van der Waals surface area contributed by atoms with Crippen molar-refractivity contribution in [3.8, 4) is 0 Å². The van der Waals surface area contributed by atoms with Crippen molar-refractivity contribution in [2.75, 3.05) is 11.9 Å². The van der Waals surface area contributed by atoms with Gasteiger partial charge in [-0.2, -0.15) is 0 Å². The topological polar surface area (TPSA) is 101 Å². The minimum atomic E-state index is -3.50. The molecule has 1 amide bonds. The maximum atomic E-state index is 11.9. The van der Waals surface area contributed by atoms with Crippen LogP contribution in [0.15, 0.2) is 34.7 Å². The summed E-state index contributed by atoms with van der Waals surface area (Å²) in [6.07, 6.45) is 0. The minimum absolute atomic E-state index is 0.117. The van der Waals surface area contributed by atoms with Crippen molar-refractivity contribution in [2.24, 2.45) is 0 Å². The van der Waals surface area contributed by atoms with Gasteiger partial charge in [0.15, 0.2) is 0 Å². The second-order valence-corrected chi connectivity index (χ2v) is 6.32. The minimum Gasteiger partial charge on any atom is -0.296 e. The number of rotatable bonds is 5. The van der Waals surface area contributed by atoms with E-state index >= 15 is 0 Å². The zero-order valence-electron chi connectivity index (χ0n) is 10.5. The Bertz CT molecular complexity index is 681. The largest absolute Gasteiger partial charge is 0.296 e. The fourth-order valence-electron chi connectivity index (χ4n) is 1.46. The number of amides is 1. The van der Waals surface area contributed by atoms with Gasteiger partial charge in [0.1, 0.15) is 5.51 Å². The highest BCUT2D eigenvalue weighted by Crippen LogP contribution is 2.13. The molecule has 0 spiro atoms. The van der Waals surface area contributed by atoms with Crippen molar-refractivity contribution < 1.29 is 13.2 Å². The predicted octanol–water partition coefficient (Wildman–Crippen LogP) is 1.09. The molecule has 2 rings (SSSR count). The van der Waals surface area contributed by atoms with Gasteiger partial charge in [0.25, 0.3) is 5.91 Å². The number of sulfonamides is 1. The molecule has 2 aromatic rings. The number of hydrogen-bond donors (Lipinski definition) is 2. The molecule has 0 aliphatic carbocycles. The van der Waals surface area contributed by atoms with Crippen LogP contribution in [-0.2, 0) is 10.0 Å². The predicted molar refractivity (Wildman–Crippen MR) is 75.2 cm³/mol. The van der Waals surface area contributed by atoms with Gasteiger partial charge in [0.2, 0.25) is 15.2 Å². The Kier molecular flexibility index (Phi) is 4.42. The molecular formula is C11H12N4O3S2. The van der Waals surface area contributed by atoms with Crippen LogP contribution in [-0.4, -0.2) is 31.1 Å². The first-order valence-electron chi connectivity index (χ1n) is 5.70. The van der Waals surface area contributed by atoms with Crippen LogP contribution in [0.25, 0.3) is 0 Å². The number of anilines is 1. The molecule has 0 saturated heterocycles. The smallest absolute Gasteiger partial charge is 0.257 e. The SMILES string of the molecule is CCNS(=O)(=O)c1ccc(C(=O)Nc2nncs2)cc1. The monoisotopic (exact) mass is 312 g/mol. The highest BCUT2D eigenvalue weighted by molar-refractivity contribution is 7.89. The Labute approximate surface area is 120 Å². The Balaban J connectivity index is 2.14. The maximum absolute atomic E-state index is 11.9. The standard InChI is InChI=1S/C11H12N4O3S2/c1-2-13-20(17,18)9-5-3-8(4-6-9)10(16)14-11-15-12-7-19-11/h3-7,13H,2H2,1H3,(H,14,15,16). The Morgan fingerprint density at radius 3 is 2.55 bits per heavy atom. The fourth-order valence-corrected chi connectivity index (χ4v) is 2.94. The van der Waals surface area contributed by atoms with Crippen molar-refractivity contribution in [3.05, 3.63) is 35.3 Å². The van der Waals surface area contributed by atoms with Gasteiger partial charge >= 0.3 is 0 Å². The summed E-state index contributed by atoms with van der Waals surface area (Å²) in [5.74, 6) is -0.367. The fraction of sp³-hybridized carbons (Fsp3) is 0.182. The summed E-state index contributed by atoms with van der Waals surface area (Å²) in [4.78, 5) is 12.0. The van der Waals surface area contributed by atoms with Gasteiger partial charge in [-0.1, -0.05) is 18.3 Å². The molecule has 0 aliphatic rings. The summed E-state index contributed by atoms with van der Waals surface area (Å²) < 4.78 is 25.9. The third-order valence-corrected chi connectivity index (χ3v) is 4.51. The van der Waals surface area contributed by atoms with Crippen LogP contribution in [0.2, 0.25) is 0 Å². The van der Waals surface area contributed by atoms with Gasteiger partial charge in [0, 0.05) is 12.1 Å². The normalized spacial score (nSPS) is 11.2. The summed E-state index contributed by atoms with van der Waals surface area (Å²) >= 11 is 1.20. The molecule has 2 N–H and O–H groups in total. The lowest BCUT2D eigenvalue weighted by Gasteiger charge is -2.05. The molecule has 0 atom stereocenters. The van der Waals surface area contributed by atoms with Crippen LogP contribution in [0.1, 0.15) is 17.3 Å². The van der Waals surface area contributed by atoms with E-state index < -0.39 is 10.0 Å². The van der Waals surface area contributed by atoms with Gasteiger partial charge < -0.3 is 0 Å². The van der Waals surface area contributed by atoms with E-state index in [1.54, 1.807) is 6.92 Å². The molecule has 0 bridgehead atoms. The van der Waals surface area contributed by atoms with Crippen LogP contribution in [0.5, 0.6) is 0 Å². The van der Waals surface area contributed by atoms with E-state index in [0.29, 0.717) is 17.2 Å². The average Bonchev–Trinajstić information content (AvgIpc) is 2.91. The van der Waals surface area contributed by atoms with Gasteiger partial charge in [-0.15, -0.1) is 10.2 Å². The molecule has 0 radical (unpaired) electrons. The highest BCUT2D eigenvalue weighted by Gasteiger charge is 2.14. The molecule has 9 heteroatoms. The number of benzene rings is 1. The maximum Gasteiger partial charge on any atom is 0.257 e. The molecule has 20 heavy (non-hydrogen) atoms. The highest BCUT2D eigenvalue weighted by atomic mass is 32.2. The van der Waals surface area contributed by atoms with E-state index in [2.05, 4.69) is 20.2 Å². The van der Waals surface area contributed by atoms with Crippen molar-refractivity contribution in [3.63, 3.8) is 0 Å². The Morgan fingerprint density at radius 1 is 1.30 bits per heavy atom. The first-order valence-corrected chi connectivity index (χ1v) is 8.06. The number of hydrogen-bond acceptors (Lipinski definition) is 6. The summed E-state index contributed by atoms with van der Waals surface area (Å²) in [5.41, 5.74) is 1.84. The second kappa shape index (κ2) is 6.07. The van der Waals surface area contributed by atoms with Crippen LogP contribution >= 0.6 is 11.3 Å². The van der Waals surface area contributed by atoms with E-state index in [-0.39, 0.29) is 10.8 Å². The van der Waals surface area contributed by atoms with Gasteiger partial charge in [0.05, 0.1) is 4.90 Å². The molecule has 0 aliphatic heterocycles. The lowest BCUT2D eigenvalue weighted by molar-refractivity contribution is 0.102. The Morgan fingerprint density at radius 2 is 2.00 bits per heavy atom. The van der Waals surface area contributed by atoms with Crippen LogP contribution < -0.4 is 10.0 Å². The van der Waals surface area contributed by atoms with Crippen molar-refractivity contribution in [2.45, 2.75) is 11.8 Å². The number of carbonyl (C=O) groups excluding carboxylic acids is 1. The van der Waals surface area contributed by atoms with E-state index in [1.165, 1.54) is 41.1 Å². The molecule has 1 aromatic heterocycles. The van der Waals surface area contributed by atoms with Crippen LogP contribution in [0.4, 0.5) is 5.13 Å². The molecule has 1 heterocycles. The van der Waals surface area contributed by atoms with E-state index in [4.69, 9.17) is 0 Å². The lowest BCUT2D eigenvalue weighted by atomic mass is 10.2. The average molecular weight is 312 g/mol. The first kappa shape index (κ1) is 14.6. The Hall–Kier alpha value is -1.84. The zero-order valence-corrected chi connectivity index (χ0v) is 12.2. The second-order valence-electron chi connectivity index (χ2n) is 3.72. The van der Waals surface area contributed by atoms with E-state index in [1.807, 2.05) is 0 Å². The summed E-state index contributed by atoms with van der Waals surface area (Å²) in [7, 11) is -3.50. The van der Waals surface area contributed by atoms with Crippen molar-refractivity contribution in [1.29, 1.82) is 0 Å². The zero-order chi connectivity index (χ0) is 14.6. The first-order chi connectivity index (χ1) is 9.53. The summed E-state index contributed by atoms with van der Waals surface area (Å²) in [5, 5.41) is 10.2.